The number of oxime groups is 1. The molecular formula is C14H19N3O2S. The number of carbonyl (C=O) groups excluding carboxylic acids is 1. The lowest BCUT2D eigenvalue weighted by Gasteiger charge is -2.40. The van der Waals surface area contributed by atoms with Crippen LogP contribution in [0.25, 0.3) is 0 Å². The van der Waals surface area contributed by atoms with E-state index >= 15 is 0 Å². The highest BCUT2D eigenvalue weighted by molar-refractivity contribution is 7.10. The molecule has 1 aromatic heterocycles. The van der Waals surface area contributed by atoms with Gasteiger partial charge in [0, 0.05) is 4.88 Å². The fraction of sp³-hybridized carbons (Fsp3) is 0.571. The molecule has 0 aromatic carbocycles. The van der Waals surface area contributed by atoms with E-state index < -0.39 is 5.41 Å². The van der Waals surface area contributed by atoms with Crippen LogP contribution in [0.4, 0.5) is 0 Å². The molecule has 0 aliphatic heterocycles. The first-order valence-corrected chi connectivity index (χ1v) is 7.90. The number of amidine groups is 1. The van der Waals surface area contributed by atoms with Crippen LogP contribution in [0.1, 0.15) is 48.6 Å². The van der Waals surface area contributed by atoms with Crippen LogP contribution < -0.4 is 11.1 Å². The molecule has 5 nitrogen and oxygen atoms in total. The number of amides is 1. The molecule has 1 amide bonds. The smallest absolute Gasteiger partial charge is 0.234 e. The molecule has 4 N–H and O–H groups in total. The number of rotatable bonds is 3. The first-order chi connectivity index (χ1) is 9.67. The number of thiophene rings is 1. The van der Waals surface area contributed by atoms with Gasteiger partial charge in [0.15, 0.2) is 5.84 Å². The Balaban J connectivity index is 1.78. The van der Waals surface area contributed by atoms with Gasteiger partial charge in [0.1, 0.15) is 5.41 Å². The van der Waals surface area contributed by atoms with Crippen molar-refractivity contribution in [3.05, 3.63) is 21.9 Å². The summed E-state index contributed by atoms with van der Waals surface area (Å²) in [5.74, 6) is -0.0503. The summed E-state index contributed by atoms with van der Waals surface area (Å²) < 4.78 is 0. The summed E-state index contributed by atoms with van der Waals surface area (Å²) in [4.78, 5) is 13.9. The molecule has 3 rings (SSSR count). The van der Waals surface area contributed by atoms with Gasteiger partial charge in [-0.1, -0.05) is 11.6 Å². The van der Waals surface area contributed by atoms with E-state index in [4.69, 9.17) is 10.9 Å². The molecule has 1 heterocycles. The maximum Gasteiger partial charge on any atom is 0.234 e. The zero-order valence-corrected chi connectivity index (χ0v) is 12.1. The Kier molecular flexibility index (Phi) is 3.41. The standard InChI is InChI=1S/C14H19N3O2S/c15-12(17-19)14(6-2-7-14)13(18)16-10-3-1-4-11-9(10)5-8-20-11/h5,8,10,19H,1-4,6-7H2,(H2,15,17)(H,16,18). The van der Waals surface area contributed by atoms with Crippen molar-refractivity contribution in [3.63, 3.8) is 0 Å². The minimum Gasteiger partial charge on any atom is -0.409 e. The largest absolute Gasteiger partial charge is 0.409 e. The lowest BCUT2D eigenvalue weighted by molar-refractivity contribution is -0.132. The van der Waals surface area contributed by atoms with Gasteiger partial charge in [-0.3, -0.25) is 4.79 Å². The minimum absolute atomic E-state index is 0.0441. The van der Waals surface area contributed by atoms with E-state index in [0.717, 1.165) is 25.7 Å². The maximum atomic E-state index is 12.6. The summed E-state index contributed by atoms with van der Waals surface area (Å²) in [6.07, 6.45) is 5.43. The van der Waals surface area contributed by atoms with E-state index in [2.05, 4.69) is 21.9 Å². The molecule has 1 saturated carbocycles. The van der Waals surface area contributed by atoms with Crippen LogP contribution in [0.2, 0.25) is 0 Å². The van der Waals surface area contributed by atoms with Crippen molar-refractivity contribution in [2.24, 2.45) is 16.3 Å². The normalized spacial score (nSPS) is 24.6. The van der Waals surface area contributed by atoms with E-state index in [1.807, 2.05) is 0 Å². The van der Waals surface area contributed by atoms with Crippen molar-refractivity contribution < 1.29 is 10.0 Å². The Hall–Kier alpha value is -1.56. The van der Waals surface area contributed by atoms with Gasteiger partial charge >= 0.3 is 0 Å². The van der Waals surface area contributed by atoms with Crippen LogP contribution in [0.3, 0.4) is 0 Å². The molecule has 1 atom stereocenters. The van der Waals surface area contributed by atoms with Crippen LogP contribution in [0.5, 0.6) is 0 Å². The molecule has 2 aliphatic rings. The Bertz CT molecular complexity index is 548. The van der Waals surface area contributed by atoms with E-state index in [1.165, 1.54) is 10.4 Å². The Morgan fingerprint density at radius 3 is 2.95 bits per heavy atom. The van der Waals surface area contributed by atoms with Crippen molar-refractivity contribution in [3.8, 4) is 0 Å². The Labute approximate surface area is 121 Å². The van der Waals surface area contributed by atoms with Crippen LogP contribution >= 0.6 is 11.3 Å². The monoisotopic (exact) mass is 293 g/mol. The van der Waals surface area contributed by atoms with Crippen LogP contribution in [-0.2, 0) is 11.2 Å². The molecule has 0 radical (unpaired) electrons. The number of nitrogens with two attached hydrogens (primary N) is 1. The SMILES string of the molecule is N/C(=N/O)C1(C(=O)NC2CCCc3sccc32)CCC1. The van der Waals surface area contributed by atoms with Crippen molar-refractivity contribution in [1.82, 2.24) is 5.32 Å². The van der Waals surface area contributed by atoms with Crippen molar-refractivity contribution in [1.29, 1.82) is 0 Å². The molecule has 1 aromatic rings. The molecule has 2 aliphatic carbocycles. The number of aryl methyl sites for hydroxylation is 1. The van der Waals surface area contributed by atoms with Gasteiger partial charge in [0.25, 0.3) is 0 Å². The zero-order chi connectivity index (χ0) is 14.2. The molecule has 6 heteroatoms. The van der Waals surface area contributed by atoms with Crippen molar-refractivity contribution >= 4 is 23.1 Å². The topological polar surface area (TPSA) is 87.7 Å². The summed E-state index contributed by atoms with van der Waals surface area (Å²) >= 11 is 1.75. The molecule has 1 fully saturated rings. The Morgan fingerprint density at radius 1 is 1.50 bits per heavy atom. The van der Waals surface area contributed by atoms with Gasteiger partial charge in [0.05, 0.1) is 6.04 Å². The highest BCUT2D eigenvalue weighted by Crippen LogP contribution is 2.42. The van der Waals surface area contributed by atoms with E-state index in [-0.39, 0.29) is 17.8 Å². The molecule has 20 heavy (non-hydrogen) atoms. The van der Waals surface area contributed by atoms with E-state index in [0.29, 0.717) is 12.8 Å². The van der Waals surface area contributed by atoms with Gasteiger partial charge in [-0.25, -0.2) is 0 Å². The highest BCUT2D eigenvalue weighted by atomic mass is 32.1. The van der Waals surface area contributed by atoms with Crippen molar-refractivity contribution in [2.45, 2.75) is 44.6 Å². The fourth-order valence-electron chi connectivity index (χ4n) is 3.16. The third-order valence-electron chi connectivity index (χ3n) is 4.60. The predicted octanol–water partition coefficient (Wildman–Crippen LogP) is 2.16. The first-order valence-electron chi connectivity index (χ1n) is 7.02. The highest BCUT2D eigenvalue weighted by Gasteiger charge is 2.49. The molecule has 108 valence electrons. The average Bonchev–Trinajstić information content (AvgIpc) is 2.86. The minimum atomic E-state index is -0.789. The number of hydrogen-bond donors (Lipinski definition) is 3. The fourth-order valence-corrected chi connectivity index (χ4v) is 4.15. The predicted molar refractivity (Wildman–Crippen MR) is 77.8 cm³/mol. The average molecular weight is 293 g/mol. The second-order valence-corrected chi connectivity index (χ2v) is 6.64. The summed E-state index contributed by atoms with van der Waals surface area (Å²) in [6.45, 7) is 0. The zero-order valence-electron chi connectivity index (χ0n) is 11.3. The van der Waals surface area contributed by atoms with Gasteiger partial charge in [-0.05, 0) is 49.1 Å². The number of hydrogen-bond acceptors (Lipinski definition) is 4. The van der Waals surface area contributed by atoms with Gasteiger partial charge in [-0.15, -0.1) is 11.3 Å². The number of carbonyl (C=O) groups is 1. The summed E-state index contributed by atoms with van der Waals surface area (Å²) in [5.41, 5.74) is 6.19. The van der Waals surface area contributed by atoms with Gasteiger partial charge < -0.3 is 16.3 Å². The number of nitrogens with one attached hydrogen (secondary N) is 1. The quantitative estimate of drug-likeness (QED) is 0.345. The second-order valence-electron chi connectivity index (χ2n) is 5.64. The molecule has 1 unspecified atom stereocenters. The van der Waals surface area contributed by atoms with Crippen LogP contribution in [-0.4, -0.2) is 17.0 Å². The van der Waals surface area contributed by atoms with Gasteiger partial charge in [0.2, 0.25) is 5.91 Å². The number of fused-ring (bicyclic) bond motifs is 1. The first kappa shape index (κ1) is 13.4. The van der Waals surface area contributed by atoms with Gasteiger partial charge in [-0.2, -0.15) is 0 Å². The second kappa shape index (κ2) is 5.09. The summed E-state index contributed by atoms with van der Waals surface area (Å²) in [6, 6.07) is 2.17. The molecular weight excluding hydrogens is 274 g/mol. The Morgan fingerprint density at radius 2 is 2.30 bits per heavy atom. The molecule has 0 spiro atoms. The van der Waals surface area contributed by atoms with Crippen LogP contribution in [0, 0.1) is 5.41 Å². The molecule has 0 bridgehead atoms. The number of nitrogens with zero attached hydrogens (tertiary/aromatic N) is 1. The summed E-state index contributed by atoms with van der Waals surface area (Å²) in [5, 5.41) is 17.2. The summed E-state index contributed by atoms with van der Waals surface area (Å²) in [7, 11) is 0. The van der Waals surface area contributed by atoms with Crippen molar-refractivity contribution in [2.75, 3.05) is 0 Å². The molecule has 0 saturated heterocycles. The van der Waals surface area contributed by atoms with E-state index in [9.17, 15) is 4.79 Å². The van der Waals surface area contributed by atoms with Crippen LogP contribution in [0.15, 0.2) is 16.6 Å². The lowest BCUT2D eigenvalue weighted by Crippen LogP contribution is -2.54. The van der Waals surface area contributed by atoms with E-state index in [1.54, 1.807) is 11.3 Å². The third-order valence-corrected chi connectivity index (χ3v) is 5.59. The maximum absolute atomic E-state index is 12.6. The lowest BCUT2D eigenvalue weighted by atomic mass is 9.67. The third kappa shape index (κ3) is 1.98.